The van der Waals surface area contributed by atoms with Crippen LogP contribution in [0.3, 0.4) is 0 Å². The molecular weight excluding hydrogens is 370 g/mol. The molecule has 2 fully saturated rings. The molecule has 2 aliphatic rings. The molecule has 1 aromatic carbocycles. The minimum absolute atomic E-state index is 0.0138. The molecule has 0 saturated carbocycles. The Morgan fingerprint density at radius 1 is 0.964 bits per heavy atom. The molecule has 2 aliphatic heterocycles. The molecule has 2 saturated heterocycles. The maximum atomic E-state index is 12.8. The van der Waals surface area contributed by atoms with Crippen molar-refractivity contribution in [1.82, 2.24) is 14.8 Å². The van der Waals surface area contributed by atoms with Crippen molar-refractivity contribution < 1.29 is 9.59 Å². The summed E-state index contributed by atoms with van der Waals surface area (Å²) in [5, 5.41) is 0.848. The maximum Gasteiger partial charge on any atom is 0.246 e. The molecule has 148 valence electrons. The van der Waals surface area contributed by atoms with Gasteiger partial charge in [-0.2, -0.15) is 0 Å². The molecule has 2 amide bonds. The first-order valence-corrected chi connectivity index (χ1v) is 11.1. The van der Waals surface area contributed by atoms with Gasteiger partial charge >= 0.3 is 0 Å². The van der Waals surface area contributed by atoms with Crippen LogP contribution in [0.25, 0.3) is 16.3 Å². The number of rotatable bonds is 3. The lowest BCUT2D eigenvalue weighted by atomic mass is 9.95. The van der Waals surface area contributed by atoms with E-state index in [1.165, 1.54) is 12.8 Å². The SMILES string of the molecule is O=C(/C=C/c1nc2ccccc2s1)N1CCC(C(=O)N2CCCCCC2)CC1. The molecule has 0 atom stereocenters. The van der Waals surface area contributed by atoms with Crippen molar-refractivity contribution in [2.75, 3.05) is 26.2 Å². The predicted molar refractivity (Wildman–Crippen MR) is 113 cm³/mol. The van der Waals surface area contributed by atoms with Crippen LogP contribution < -0.4 is 0 Å². The summed E-state index contributed by atoms with van der Waals surface area (Å²) in [6.07, 6.45) is 9.69. The Morgan fingerprint density at radius 3 is 2.39 bits per heavy atom. The van der Waals surface area contributed by atoms with Gasteiger partial charge in [-0.15, -0.1) is 11.3 Å². The monoisotopic (exact) mass is 397 g/mol. The molecule has 0 unspecified atom stereocenters. The topological polar surface area (TPSA) is 53.5 Å². The molecule has 0 N–H and O–H groups in total. The smallest absolute Gasteiger partial charge is 0.246 e. The number of aromatic nitrogens is 1. The van der Waals surface area contributed by atoms with Crippen molar-refractivity contribution in [2.24, 2.45) is 5.92 Å². The van der Waals surface area contributed by atoms with Gasteiger partial charge in [0.05, 0.1) is 10.2 Å². The maximum absolute atomic E-state index is 12.8. The number of benzene rings is 1. The van der Waals surface area contributed by atoms with Gasteiger partial charge in [-0.3, -0.25) is 9.59 Å². The number of para-hydroxylation sites is 1. The van der Waals surface area contributed by atoms with Crippen LogP contribution in [0, 0.1) is 5.92 Å². The Kier molecular flexibility index (Phi) is 6.05. The van der Waals surface area contributed by atoms with E-state index in [1.54, 1.807) is 17.4 Å². The van der Waals surface area contributed by atoms with E-state index in [9.17, 15) is 9.59 Å². The first-order valence-electron chi connectivity index (χ1n) is 10.3. The minimum atomic E-state index is 0.0138. The number of amides is 2. The lowest BCUT2D eigenvalue weighted by molar-refractivity contribution is -0.139. The van der Waals surface area contributed by atoms with Gasteiger partial charge in [0.25, 0.3) is 0 Å². The van der Waals surface area contributed by atoms with Crippen LogP contribution in [-0.4, -0.2) is 52.8 Å². The highest BCUT2D eigenvalue weighted by atomic mass is 32.1. The summed E-state index contributed by atoms with van der Waals surface area (Å²) in [5.41, 5.74) is 0.965. The molecule has 6 heteroatoms. The van der Waals surface area contributed by atoms with Crippen molar-refractivity contribution >= 4 is 39.4 Å². The Balaban J connectivity index is 1.30. The molecule has 3 heterocycles. The van der Waals surface area contributed by atoms with Gasteiger partial charge in [0.15, 0.2) is 0 Å². The average Bonchev–Trinajstić information content (AvgIpc) is 2.95. The molecule has 0 bridgehead atoms. The van der Waals surface area contributed by atoms with Crippen LogP contribution in [0.15, 0.2) is 30.3 Å². The van der Waals surface area contributed by atoms with Crippen LogP contribution in [0.4, 0.5) is 0 Å². The van der Waals surface area contributed by atoms with Gasteiger partial charge in [0, 0.05) is 38.2 Å². The fourth-order valence-electron chi connectivity index (χ4n) is 4.11. The second-order valence-corrected chi connectivity index (χ2v) is 8.75. The highest BCUT2D eigenvalue weighted by Crippen LogP contribution is 2.24. The Bertz CT molecular complexity index is 827. The highest BCUT2D eigenvalue weighted by Gasteiger charge is 2.29. The first-order chi connectivity index (χ1) is 13.7. The second kappa shape index (κ2) is 8.86. The summed E-state index contributed by atoms with van der Waals surface area (Å²) < 4.78 is 1.13. The van der Waals surface area contributed by atoms with Gasteiger partial charge in [-0.1, -0.05) is 25.0 Å². The van der Waals surface area contributed by atoms with Crippen molar-refractivity contribution in [3.05, 3.63) is 35.3 Å². The number of carbonyl (C=O) groups is 2. The largest absolute Gasteiger partial charge is 0.342 e. The fraction of sp³-hybridized carbons (Fsp3) is 0.500. The van der Waals surface area contributed by atoms with Crippen LogP contribution in [0.1, 0.15) is 43.5 Å². The first kappa shape index (κ1) is 19.1. The Labute approximate surface area is 170 Å². The minimum Gasteiger partial charge on any atom is -0.342 e. The summed E-state index contributed by atoms with van der Waals surface area (Å²) in [6.45, 7) is 3.13. The van der Waals surface area contributed by atoms with E-state index >= 15 is 0 Å². The molecule has 2 aromatic rings. The molecule has 0 radical (unpaired) electrons. The third-order valence-corrected chi connectivity index (χ3v) is 6.75. The number of piperidine rings is 1. The van der Waals surface area contributed by atoms with E-state index in [0.29, 0.717) is 19.0 Å². The van der Waals surface area contributed by atoms with E-state index in [1.807, 2.05) is 35.2 Å². The zero-order chi connectivity index (χ0) is 19.3. The lowest BCUT2D eigenvalue weighted by Crippen LogP contribution is -2.44. The van der Waals surface area contributed by atoms with Crippen LogP contribution in [0.2, 0.25) is 0 Å². The van der Waals surface area contributed by atoms with E-state index in [4.69, 9.17) is 0 Å². The van der Waals surface area contributed by atoms with Crippen molar-refractivity contribution in [1.29, 1.82) is 0 Å². The predicted octanol–water partition coefficient (Wildman–Crippen LogP) is 3.95. The van der Waals surface area contributed by atoms with Crippen molar-refractivity contribution in [3.8, 4) is 0 Å². The van der Waals surface area contributed by atoms with E-state index < -0.39 is 0 Å². The summed E-state index contributed by atoms with van der Waals surface area (Å²) >= 11 is 1.59. The normalized spacial score (nSPS) is 19.3. The zero-order valence-electron chi connectivity index (χ0n) is 16.2. The quantitative estimate of drug-likeness (QED) is 0.737. The summed E-state index contributed by atoms with van der Waals surface area (Å²) in [7, 11) is 0. The standard InChI is InChI=1S/C22H27N3O2S/c26-21(10-9-20-23-18-7-3-4-8-19(18)28-20)24-15-11-17(12-16-24)22(27)25-13-5-1-2-6-14-25/h3-4,7-10,17H,1-2,5-6,11-16H2/b10-9+. The molecule has 0 aliphatic carbocycles. The number of thiazole rings is 1. The molecule has 5 nitrogen and oxygen atoms in total. The molecule has 4 rings (SSSR count). The number of hydrogen-bond donors (Lipinski definition) is 0. The number of carbonyl (C=O) groups excluding carboxylic acids is 2. The van der Waals surface area contributed by atoms with E-state index in [2.05, 4.69) is 9.88 Å². The van der Waals surface area contributed by atoms with Crippen LogP contribution >= 0.6 is 11.3 Å². The number of nitrogens with zero attached hydrogens (tertiary/aromatic N) is 3. The molecule has 0 spiro atoms. The second-order valence-electron chi connectivity index (χ2n) is 7.69. The number of fused-ring (bicyclic) bond motifs is 1. The fourth-order valence-corrected chi connectivity index (χ4v) is 4.98. The van der Waals surface area contributed by atoms with E-state index in [-0.39, 0.29) is 11.8 Å². The molecular formula is C22H27N3O2S. The third-order valence-electron chi connectivity index (χ3n) is 5.75. The van der Waals surface area contributed by atoms with E-state index in [0.717, 1.165) is 54.0 Å². The Morgan fingerprint density at radius 2 is 1.68 bits per heavy atom. The van der Waals surface area contributed by atoms with Crippen LogP contribution in [0.5, 0.6) is 0 Å². The van der Waals surface area contributed by atoms with Crippen molar-refractivity contribution in [2.45, 2.75) is 38.5 Å². The number of hydrogen-bond acceptors (Lipinski definition) is 4. The third kappa shape index (κ3) is 4.43. The summed E-state index contributed by atoms with van der Waals surface area (Å²) in [5.74, 6) is 0.398. The Hall–Kier alpha value is -2.21. The van der Waals surface area contributed by atoms with Gasteiger partial charge in [-0.05, 0) is 43.9 Å². The van der Waals surface area contributed by atoms with Crippen LogP contribution in [-0.2, 0) is 9.59 Å². The average molecular weight is 398 g/mol. The van der Waals surface area contributed by atoms with Gasteiger partial charge in [-0.25, -0.2) is 4.98 Å². The molecule has 1 aromatic heterocycles. The van der Waals surface area contributed by atoms with Gasteiger partial charge in [0.2, 0.25) is 11.8 Å². The summed E-state index contributed by atoms with van der Waals surface area (Å²) in [6, 6.07) is 7.99. The number of likely N-dealkylation sites (tertiary alicyclic amines) is 2. The van der Waals surface area contributed by atoms with Crippen molar-refractivity contribution in [3.63, 3.8) is 0 Å². The molecule has 28 heavy (non-hydrogen) atoms. The highest BCUT2D eigenvalue weighted by molar-refractivity contribution is 7.19. The summed E-state index contributed by atoms with van der Waals surface area (Å²) in [4.78, 5) is 33.8. The van der Waals surface area contributed by atoms with Gasteiger partial charge < -0.3 is 9.80 Å². The van der Waals surface area contributed by atoms with Gasteiger partial charge in [0.1, 0.15) is 5.01 Å². The zero-order valence-corrected chi connectivity index (χ0v) is 17.0. The lowest BCUT2D eigenvalue weighted by Gasteiger charge is -2.33.